The summed E-state index contributed by atoms with van der Waals surface area (Å²) in [7, 11) is 15.7. The molecular weight excluding hydrogens is 1880 g/mol. The maximum Gasteiger partial charge on any atom is 0.349 e. The summed E-state index contributed by atoms with van der Waals surface area (Å²) in [5, 5.41) is 35.4. The van der Waals surface area contributed by atoms with E-state index in [0.29, 0.717) is 141 Å². The summed E-state index contributed by atoms with van der Waals surface area (Å²) in [4.78, 5) is 75.7. The first-order valence-electron chi connectivity index (χ1n) is 47.6. The van der Waals surface area contributed by atoms with Crippen LogP contribution in [0.1, 0.15) is 184 Å². The number of thiazole rings is 4. The van der Waals surface area contributed by atoms with Crippen LogP contribution in [0.25, 0.3) is 72.9 Å². The van der Waals surface area contributed by atoms with E-state index in [-0.39, 0.29) is 23.6 Å². The first-order valence-corrected chi connectivity index (χ1v) is 50.9. The number of ether oxygens (including phenoxy) is 4. The molecule has 15 rings (SSSR count). The number of esters is 4. The van der Waals surface area contributed by atoms with Gasteiger partial charge in [0.05, 0.1) is 120 Å². The highest BCUT2D eigenvalue weighted by Gasteiger charge is 2.22. The SMILES string of the molecule is CCCCCCCOC(=O)c1ccc2nc(-c3ccc(N=Nc4ccc(N(C)C)cc4)cc3F)sc2c1.CCCCCCCOC(=O)c1cnc(-c2ccc(N=Nc3ccc(N(C)C)cc3)cc2F)s1.CCCCCCOC(=O)c1ccc2nc(-c3ccc(N=Nc4ccc(N(C)C)cc4)c(F)c3)sc2c1.CCCCCCOC(=O)c1ccc2nc(-c3ccc(N=Nc4ccc(N(C)C)cc4)cc3F)sc2c1. The van der Waals surface area contributed by atoms with Crippen molar-refractivity contribution in [3.8, 4) is 42.3 Å². The lowest BCUT2D eigenvalue weighted by Crippen LogP contribution is -2.07. The van der Waals surface area contributed by atoms with Crippen LogP contribution in [0.2, 0.25) is 0 Å². The number of aromatic nitrogens is 4. The predicted molar refractivity (Wildman–Crippen MR) is 569 cm³/mol. The molecule has 0 radical (unpaired) electrons. The fourth-order valence-corrected chi connectivity index (χ4v) is 18.0. The molecule has 0 aliphatic heterocycles. The average Bonchev–Trinajstić information content (AvgIpc) is 1.63. The Morgan fingerprint density at radius 1 is 0.282 bits per heavy atom. The van der Waals surface area contributed by atoms with Crippen LogP contribution < -0.4 is 19.6 Å². The zero-order valence-corrected chi connectivity index (χ0v) is 85.3. The third kappa shape index (κ3) is 32.0. The number of hydrogen-bond donors (Lipinski definition) is 0. The topological polar surface area (TPSA) is 269 Å². The van der Waals surface area contributed by atoms with Crippen molar-refractivity contribution in [1.29, 1.82) is 0 Å². The molecule has 0 fully saturated rings. The van der Waals surface area contributed by atoms with Gasteiger partial charge in [-0.15, -0.1) is 50.5 Å². The molecule has 4 aromatic heterocycles. The highest BCUT2D eigenvalue weighted by Crippen LogP contribution is 2.40. The number of rotatable bonds is 42. The summed E-state index contributed by atoms with van der Waals surface area (Å²) in [5.41, 5.74) is 13.6. The van der Waals surface area contributed by atoms with Gasteiger partial charge in [-0.05, 0) is 232 Å². The Morgan fingerprint density at radius 3 is 0.894 bits per heavy atom. The summed E-state index contributed by atoms with van der Waals surface area (Å²) >= 11 is 5.19. The lowest BCUT2D eigenvalue weighted by Gasteiger charge is -2.11. The number of halogens is 4. The van der Waals surface area contributed by atoms with Crippen LogP contribution in [0.4, 0.5) is 85.8 Å². The largest absolute Gasteiger partial charge is 0.462 e. The maximum absolute atomic E-state index is 15.0. The number of fused-ring (bicyclic) bond motifs is 3. The molecule has 0 atom stereocenters. The van der Waals surface area contributed by atoms with Crippen molar-refractivity contribution in [3.05, 3.63) is 275 Å². The molecule has 738 valence electrons. The van der Waals surface area contributed by atoms with E-state index in [1.807, 2.05) is 173 Å². The Kier molecular flexibility index (Phi) is 41.1. The zero-order valence-electron chi connectivity index (χ0n) is 82.1. The molecule has 15 aromatic rings. The van der Waals surface area contributed by atoms with Crippen molar-refractivity contribution in [2.24, 2.45) is 40.9 Å². The first kappa shape index (κ1) is 107. The standard InChI is InChI=1S/C29H31FN4O2S.2C28H29FN4O2S.C25H29FN4O2S/c1-4-5-6-7-8-17-36-29(35)20-9-16-26-27(18-20)37-28(31-26)24-15-12-22(19-25(24)30)33-32-21-10-13-23(14-11-21)34(2)3;1-4-5-6-7-16-35-28(34)20-9-15-25-26(18-20)36-27(30-25)19-8-14-24(23(29)17-19)32-31-21-10-12-22(13-11-21)33(2)3;1-4-5-6-7-16-35-28(34)19-8-15-25-26(17-19)36-27(30-25)23-14-11-21(18-24(23)29)32-31-20-9-12-22(13-10-20)33(2)3;1-4-5-6-7-8-15-32-25(31)23-17-27-24(33-23)21-14-11-19(16-22(21)26)29-28-18-9-12-20(13-10-18)30(2)3/h9-16,18-19H,4-8,17H2,1-3H3;2*8-15,17-18H,4-7,16H2,1-3H3;9-14,16-17H,4-8,15H2,1-3H3. The number of unbranched alkanes of at least 4 members (excludes halogenated alkanes) is 14. The van der Waals surface area contributed by atoms with E-state index in [9.17, 15) is 36.7 Å². The van der Waals surface area contributed by atoms with Gasteiger partial charge < -0.3 is 38.5 Å². The molecule has 0 unspecified atom stereocenters. The summed E-state index contributed by atoms with van der Waals surface area (Å²) in [5.74, 6) is -3.25. The number of azo groups is 4. The minimum Gasteiger partial charge on any atom is -0.462 e. The monoisotopic (exact) mass is 1990 g/mol. The Bertz CT molecular complexity index is 6810. The summed E-state index contributed by atoms with van der Waals surface area (Å²) < 4.78 is 83.4. The second kappa shape index (κ2) is 54.6. The predicted octanol–water partition coefficient (Wildman–Crippen LogP) is 32.9. The van der Waals surface area contributed by atoms with Crippen LogP contribution in [-0.4, -0.2) is 127 Å². The lowest BCUT2D eigenvalue weighted by molar-refractivity contribution is 0.0488. The van der Waals surface area contributed by atoms with E-state index in [0.717, 1.165) is 144 Å². The summed E-state index contributed by atoms with van der Waals surface area (Å²) in [6.45, 7) is 10.3. The van der Waals surface area contributed by atoms with Crippen LogP contribution >= 0.6 is 45.3 Å². The van der Waals surface area contributed by atoms with Gasteiger partial charge in [-0.2, -0.15) is 35.8 Å². The number of carbonyl (C=O) groups excluding carboxylic acids is 4. The van der Waals surface area contributed by atoms with Gasteiger partial charge in [0.15, 0.2) is 5.82 Å². The number of carbonyl (C=O) groups is 4. The summed E-state index contributed by atoms with van der Waals surface area (Å²) in [6, 6.07) is 64.9. The van der Waals surface area contributed by atoms with E-state index >= 15 is 0 Å². The highest BCUT2D eigenvalue weighted by atomic mass is 32.1. The van der Waals surface area contributed by atoms with E-state index in [1.165, 1.54) is 90.2 Å². The normalized spacial score (nSPS) is 11.3. The fraction of sp³-hybridized carbons (Fsp3) is 0.309. The third-order valence-electron chi connectivity index (χ3n) is 22.3. The third-order valence-corrected chi connectivity index (χ3v) is 26.5. The van der Waals surface area contributed by atoms with Crippen molar-refractivity contribution in [1.82, 2.24) is 19.9 Å². The van der Waals surface area contributed by atoms with Gasteiger partial charge in [0.1, 0.15) is 48.0 Å². The van der Waals surface area contributed by atoms with Gasteiger partial charge in [0.2, 0.25) is 0 Å². The molecule has 0 aliphatic rings. The van der Waals surface area contributed by atoms with Gasteiger partial charge in [0, 0.05) is 120 Å². The molecule has 0 N–H and O–H groups in total. The minimum absolute atomic E-state index is 0.153. The number of anilines is 4. The minimum atomic E-state index is -0.479. The Balaban J connectivity index is 0.000000169. The molecule has 0 saturated heterocycles. The molecule has 4 heterocycles. The molecule has 0 spiro atoms. The molecular formula is C110H118F4N16O8S4. The molecule has 11 aromatic carbocycles. The lowest BCUT2D eigenvalue weighted by atomic mass is 10.2. The van der Waals surface area contributed by atoms with Crippen molar-refractivity contribution in [2.75, 3.05) is 102 Å². The van der Waals surface area contributed by atoms with Crippen molar-refractivity contribution in [3.63, 3.8) is 0 Å². The Morgan fingerprint density at radius 2 is 0.570 bits per heavy atom. The van der Waals surface area contributed by atoms with Crippen molar-refractivity contribution < 1.29 is 55.7 Å². The number of hydrogen-bond acceptors (Lipinski definition) is 28. The number of nitrogens with zero attached hydrogens (tertiary/aromatic N) is 16. The van der Waals surface area contributed by atoms with Crippen LogP contribution in [0.3, 0.4) is 0 Å². The van der Waals surface area contributed by atoms with Crippen molar-refractivity contribution in [2.45, 2.75) is 143 Å². The van der Waals surface area contributed by atoms with Crippen molar-refractivity contribution >= 4 is 168 Å². The first-order chi connectivity index (χ1) is 68.8. The van der Waals surface area contributed by atoms with Crippen LogP contribution in [0, 0.1) is 23.3 Å². The second-order valence-corrected chi connectivity index (χ2v) is 38.4. The van der Waals surface area contributed by atoms with Crippen LogP contribution in [0.15, 0.2) is 272 Å². The van der Waals surface area contributed by atoms with Gasteiger partial charge in [-0.3, -0.25) is 0 Å². The molecule has 0 bridgehead atoms. The molecule has 142 heavy (non-hydrogen) atoms. The van der Waals surface area contributed by atoms with Gasteiger partial charge >= 0.3 is 23.9 Å². The Hall–Kier alpha value is -14.1. The van der Waals surface area contributed by atoms with E-state index in [4.69, 9.17) is 18.9 Å². The number of benzene rings is 11. The second-order valence-electron chi connectivity index (χ2n) is 34.2. The average molecular weight is 2000 g/mol. The molecule has 0 aliphatic carbocycles. The fourth-order valence-electron chi connectivity index (χ4n) is 14.1. The summed E-state index contributed by atoms with van der Waals surface area (Å²) in [6.07, 6.45) is 20.7. The highest BCUT2D eigenvalue weighted by molar-refractivity contribution is 7.22. The molecule has 0 saturated carbocycles. The molecule has 24 nitrogen and oxygen atoms in total. The molecule has 32 heteroatoms. The van der Waals surface area contributed by atoms with Crippen LogP contribution in [-0.2, 0) is 18.9 Å². The van der Waals surface area contributed by atoms with E-state index in [1.54, 1.807) is 103 Å². The quantitative estimate of drug-likeness (QED) is 0.0113. The van der Waals surface area contributed by atoms with Gasteiger partial charge in [0.25, 0.3) is 0 Å². The smallest absolute Gasteiger partial charge is 0.349 e. The van der Waals surface area contributed by atoms with Gasteiger partial charge in [-0.25, -0.2) is 56.7 Å². The Labute approximate surface area is 842 Å². The van der Waals surface area contributed by atoms with E-state index < -0.39 is 29.2 Å². The zero-order chi connectivity index (χ0) is 101. The van der Waals surface area contributed by atoms with Gasteiger partial charge in [-0.1, -0.05) is 118 Å². The van der Waals surface area contributed by atoms with E-state index in [2.05, 4.69) is 88.5 Å². The molecule has 0 amide bonds. The maximum atomic E-state index is 15.0. The van der Waals surface area contributed by atoms with Crippen LogP contribution in [0.5, 0.6) is 0 Å².